The minimum atomic E-state index is 0.557. The van der Waals surface area contributed by atoms with Gasteiger partial charge in [-0.3, -0.25) is 4.68 Å². The first-order chi connectivity index (χ1) is 11.3. The molecule has 3 aromatic rings. The van der Waals surface area contributed by atoms with Crippen LogP contribution in [0.2, 0.25) is 0 Å². The maximum Gasteiger partial charge on any atom is 0.214 e. The molecule has 3 aromatic heterocycles. The third-order valence-corrected chi connectivity index (χ3v) is 4.26. The summed E-state index contributed by atoms with van der Waals surface area (Å²) in [5.74, 6) is 2.71. The molecule has 0 saturated heterocycles. The van der Waals surface area contributed by atoms with Crippen molar-refractivity contribution in [2.24, 2.45) is 5.92 Å². The van der Waals surface area contributed by atoms with E-state index in [1.54, 1.807) is 13.2 Å². The van der Waals surface area contributed by atoms with Crippen LogP contribution in [0.15, 0.2) is 30.6 Å². The van der Waals surface area contributed by atoms with Crippen molar-refractivity contribution < 1.29 is 4.74 Å². The molecule has 7 nitrogen and oxygen atoms in total. The van der Waals surface area contributed by atoms with E-state index in [2.05, 4.69) is 24.8 Å². The van der Waals surface area contributed by atoms with Gasteiger partial charge in [0.05, 0.1) is 18.9 Å². The second-order valence-electron chi connectivity index (χ2n) is 5.51. The first kappa shape index (κ1) is 14.1. The summed E-state index contributed by atoms with van der Waals surface area (Å²) in [5.41, 5.74) is 0.938. The number of hydrogen-bond donors (Lipinski definition) is 1. The van der Waals surface area contributed by atoms with Crippen molar-refractivity contribution in [1.82, 2.24) is 24.1 Å². The normalized spacial score (nSPS) is 14.0. The molecule has 0 bridgehead atoms. The summed E-state index contributed by atoms with van der Waals surface area (Å²) in [6.07, 6.45) is 6.45. The Kier molecular flexibility index (Phi) is 3.66. The van der Waals surface area contributed by atoms with E-state index in [9.17, 15) is 0 Å². The van der Waals surface area contributed by atoms with Gasteiger partial charge in [-0.05, 0) is 24.8 Å². The summed E-state index contributed by atoms with van der Waals surface area (Å²) in [6.45, 7) is 0.989. The molecule has 0 atom stereocenters. The molecule has 118 valence electrons. The van der Waals surface area contributed by atoms with Crippen LogP contribution >= 0.6 is 11.5 Å². The van der Waals surface area contributed by atoms with Gasteiger partial charge in [0, 0.05) is 30.3 Å². The molecule has 1 fully saturated rings. The number of nitrogens with zero attached hydrogens (tertiary/aromatic N) is 5. The van der Waals surface area contributed by atoms with E-state index in [-0.39, 0.29) is 0 Å². The molecule has 1 aliphatic rings. The fourth-order valence-corrected chi connectivity index (χ4v) is 2.84. The van der Waals surface area contributed by atoms with Crippen LogP contribution in [0.5, 0.6) is 5.88 Å². The maximum absolute atomic E-state index is 5.11. The van der Waals surface area contributed by atoms with Crippen LogP contribution in [-0.2, 0) is 6.54 Å². The van der Waals surface area contributed by atoms with Crippen molar-refractivity contribution in [3.63, 3.8) is 0 Å². The standard InChI is InChI=1S/C15H16N6OS/c1-22-13-4-2-3-12(17-13)18-15-19-14(20-23-15)11-7-16-21(9-11)8-10-5-6-10/h2-4,7,9-10H,5-6,8H2,1H3,(H,17,18,19,20). The van der Waals surface area contributed by atoms with Crippen molar-refractivity contribution in [1.29, 1.82) is 0 Å². The summed E-state index contributed by atoms with van der Waals surface area (Å²) in [6, 6.07) is 5.53. The number of ether oxygens (including phenoxy) is 1. The Morgan fingerprint density at radius 2 is 2.26 bits per heavy atom. The summed E-state index contributed by atoms with van der Waals surface area (Å²) < 4.78 is 11.5. The van der Waals surface area contributed by atoms with Crippen LogP contribution in [0.25, 0.3) is 11.4 Å². The lowest BCUT2D eigenvalue weighted by Gasteiger charge is -2.02. The predicted octanol–water partition coefficient (Wildman–Crippen LogP) is 2.96. The smallest absolute Gasteiger partial charge is 0.214 e. The van der Waals surface area contributed by atoms with E-state index < -0.39 is 0 Å². The molecule has 0 amide bonds. The Labute approximate surface area is 137 Å². The number of pyridine rings is 1. The summed E-state index contributed by atoms with van der Waals surface area (Å²) in [5, 5.41) is 8.22. The van der Waals surface area contributed by atoms with Crippen LogP contribution < -0.4 is 10.1 Å². The van der Waals surface area contributed by atoms with Crippen molar-refractivity contribution in [3.05, 3.63) is 30.6 Å². The van der Waals surface area contributed by atoms with Crippen LogP contribution in [-0.4, -0.2) is 31.2 Å². The lowest BCUT2D eigenvalue weighted by atomic mass is 10.3. The van der Waals surface area contributed by atoms with Gasteiger partial charge in [-0.1, -0.05) is 6.07 Å². The highest BCUT2D eigenvalue weighted by atomic mass is 32.1. The fourth-order valence-electron chi connectivity index (χ4n) is 2.24. The van der Waals surface area contributed by atoms with Gasteiger partial charge < -0.3 is 10.1 Å². The molecule has 8 heteroatoms. The van der Waals surface area contributed by atoms with E-state index in [0.29, 0.717) is 22.7 Å². The van der Waals surface area contributed by atoms with Crippen molar-refractivity contribution in [2.75, 3.05) is 12.4 Å². The number of aromatic nitrogens is 5. The average molecular weight is 328 g/mol. The second-order valence-corrected chi connectivity index (χ2v) is 6.26. The average Bonchev–Trinajstić information content (AvgIpc) is 3.06. The molecule has 1 aliphatic carbocycles. The largest absolute Gasteiger partial charge is 0.481 e. The Balaban J connectivity index is 1.48. The van der Waals surface area contributed by atoms with Crippen LogP contribution in [0, 0.1) is 5.92 Å². The quantitative estimate of drug-likeness (QED) is 0.749. The van der Waals surface area contributed by atoms with Crippen LogP contribution in [0.4, 0.5) is 10.9 Å². The molecule has 0 unspecified atom stereocenters. The highest BCUT2D eigenvalue weighted by Crippen LogP contribution is 2.31. The van der Waals surface area contributed by atoms with Gasteiger partial charge in [-0.2, -0.15) is 19.4 Å². The van der Waals surface area contributed by atoms with Gasteiger partial charge in [0.25, 0.3) is 0 Å². The van der Waals surface area contributed by atoms with E-state index in [1.807, 2.05) is 29.2 Å². The number of rotatable bonds is 6. The molecule has 0 aromatic carbocycles. The summed E-state index contributed by atoms with van der Waals surface area (Å²) in [4.78, 5) is 8.80. The lowest BCUT2D eigenvalue weighted by molar-refractivity contribution is 0.398. The topological polar surface area (TPSA) is 77.8 Å². The first-order valence-corrected chi connectivity index (χ1v) is 8.22. The van der Waals surface area contributed by atoms with E-state index in [1.165, 1.54) is 24.4 Å². The molecular weight excluding hydrogens is 312 g/mol. The van der Waals surface area contributed by atoms with Crippen molar-refractivity contribution in [3.8, 4) is 17.3 Å². The number of hydrogen-bond acceptors (Lipinski definition) is 7. The zero-order chi connectivity index (χ0) is 15.6. The summed E-state index contributed by atoms with van der Waals surface area (Å²) in [7, 11) is 1.59. The van der Waals surface area contributed by atoms with Gasteiger partial charge in [-0.25, -0.2) is 0 Å². The SMILES string of the molecule is COc1cccc(Nc2nc(-c3cnn(CC4CC4)c3)ns2)n1. The molecule has 0 radical (unpaired) electrons. The fraction of sp³-hybridized carbons (Fsp3) is 0.333. The van der Waals surface area contributed by atoms with Gasteiger partial charge in [0.1, 0.15) is 5.82 Å². The van der Waals surface area contributed by atoms with Crippen LogP contribution in [0.1, 0.15) is 12.8 Å². The number of anilines is 2. The molecule has 1 N–H and O–H groups in total. The highest BCUT2D eigenvalue weighted by Gasteiger charge is 2.22. The number of methoxy groups -OCH3 is 1. The number of nitrogens with one attached hydrogen (secondary N) is 1. The molecule has 23 heavy (non-hydrogen) atoms. The Morgan fingerprint density at radius 1 is 1.35 bits per heavy atom. The molecule has 1 saturated carbocycles. The molecule has 0 spiro atoms. The van der Waals surface area contributed by atoms with Crippen molar-refractivity contribution >= 4 is 22.5 Å². The van der Waals surface area contributed by atoms with E-state index in [4.69, 9.17) is 4.74 Å². The predicted molar refractivity (Wildman–Crippen MR) is 87.9 cm³/mol. The van der Waals surface area contributed by atoms with Crippen molar-refractivity contribution in [2.45, 2.75) is 19.4 Å². The van der Waals surface area contributed by atoms with Gasteiger partial charge >= 0.3 is 0 Å². The maximum atomic E-state index is 5.11. The monoisotopic (exact) mass is 328 g/mol. The molecule has 0 aliphatic heterocycles. The van der Waals surface area contributed by atoms with Gasteiger partial charge in [0.15, 0.2) is 5.82 Å². The highest BCUT2D eigenvalue weighted by molar-refractivity contribution is 7.09. The van der Waals surface area contributed by atoms with Gasteiger partial charge in [0.2, 0.25) is 11.0 Å². The van der Waals surface area contributed by atoms with Gasteiger partial charge in [-0.15, -0.1) is 0 Å². The van der Waals surface area contributed by atoms with E-state index >= 15 is 0 Å². The lowest BCUT2D eigenvalue weighted by Crippen LogP contribution is -1.99. The third kappa shape index (κ3) is 3.31. The van der Waals surface area contributed by atoms with Crippen LogP contribution in [0.3, 0.4) is 0 Å². The summed E-state index contributed by atoms with van der Waals surface area (Å²) >= 11 is 1.30. The third-order valence-electron chi connectivity index (χ3n) is 3.63. The molecular formula is C15H16N6OS. The Hall–Kier alpha value is -2.48. The minimum absolute atomic E-state index is 0.557. The minimum Gasteiger partial charge on any atom is -0.481 e. The molecule has 3 heterocycles. The first-order valence-electron chi connectivity index (χ1n) is 7.45. The van der Waals surface area contributed by atoms with E-state index in [0.717, 1.165) is 18.0 Å². The zero-order valence-corrected chi connectivity index (χ0v) is 13.5. The Morgan fingerprint density at radius 3 is 3.09 bits per heavy atom. The molecule has 4 rings (SSSR count). The Bertz CT molecular complexity index is 810. The second kappa shape index (κ2) is 5.96. The zero-order valence-electron chi connectivity index (χ0n) is 12.6.